The van der Waals surface area contributed by atoms with Crippen molar-refractivity contribution in [3.05, 3.63) is 35.9 Å². The van der Waals surface area contributed by atoms with E-state index in [1.165, 1.54) is 23.9 Å². The Hall–Kier alpha value is -2.13. The minimum atomic E-state index is -0.357. The lowest BCUT2D eigenvalue weighted by Crippen LogP contribution is -2.52. The highest BCUT2D eigenvalue weighted by molar-refractivity contribution is 7.99. The number of aromatic amines is 1. The number of nitrogens with zero attached hydrogens (tertiary/aromatic N) is 2. The van der Waals surface area contributed by atoms with Gasteiger partial charge in [-0.25, -0.2) is 9.37 Å². The van der Waals surface area contributed by atoms with Crippen molar-refractivity contribution in [3.8, 4) is 5.75 Å². The predicted molar refractivity (Wildman–Crippen MR) is 94.7 cm³/mol. The van der Waals surface area contributed by atoms with Gasteiger partial charge >= 0.3 is 0 Å². The lowest BCUT2D eigenvalue weighted by atomic mass is 10.1. The van der Waals surface area contributed by atoms with E-state index in [0.29, 0.717) is 30.5 Å². The molecule has 2 atom stereocenters. The number of aryl methyl sites for hydroxylation is 1. The molecule has 1 aromatic carbocycles. The van der Waals surface area contributed by atoms with Crippen LogP contribution in [0.4, 0.5) is 4.39 Å². The summed E-state index contributed by atoms with van der Waals surface area (Å²) in [6.07, 6.45) is 1.11. The maximum Gasteiger partial charge on any atom is 0.230 e. The van der Waals surface area contributed by atoms with Crippen LogP contribution in [0.2, 0.25) is 0 Å². The van der Waals surface area contributed by atoms with Crippen molar-refractivity contribution in [1.29, 1.82) is 0 Å². The van der Waals surface area contributed by atoms with E-state index in [9.17, 15) is 9.18 Å². The van der Waals surface area contributed by atoms with Gasteiger partial charge in [-0.15, -0.1) is 5.10 Å². The van der Waals surface area contributed by atoms with E-state index >= 15 is 0 Å². The molecule has 2 aromatic rings. The average Bonchev–Trinajstić information content (AvgIpc) is 3.10. The summed E-state index contributed by atoms with van der Waals surface area (Å²) >= 11 is 1.26. The van der Waals surface area contributed by atoms with Gasteiger partial charge in [0.1, 0.15) is 23.5 Å². The van der Waals surface area contributed by atoms with E-state index in [0.717, 1.165) is 12.2 Å². The number of thioether (sulfide) groups is 1. The first-order valence-corrected chi connectivity index (χ1v) is 9.46. The van der Waals surface area contributed by atoms with Crippen molar-refractivity contribution in [1.82, 2.24) is 20.5 Å². The van der Waals surface area contributed by atoms with Crippen molar-refractivity contribution in [2.24, 2.45) is 0 Å². The van der Waals surface area contributed by atoms with Gasteiger partial charge in [0.05, 0.1) is 25.0 Å². The molecule has 140 valence electrons. The van der Waals surface area contributed by atoms with Crippen molar-refractivity contribution >= 4 is 17.7 Å². The van der Waals surface area contributed by atoms with Crippen molar-refractivity contribution in [3.63, 3.8) is 0 Å². The minimum absolute atomic E-state index is 0.152. The quantitative estimate of drug-likeness (QED) is 0.714. The fourth-order valence-electron chi connectivity index (χ4n) is 2.59. The van der Waals surface area contributed by atoms with Crippen LogP contribution in [0, 0.1) is 5.82 Å². The van der Waals surface area contributed by atoms with Crippen LogP contribution >= 0.6 is 11.8 Å². The molecule has 1 saturated heterocycles. The number of benzene rings is 1. The SMILES string of the molecule is CCc1nc(SCC(=O)NC2COCCC2Oc2cccc(F)c2)n[nH]1. The summed E-state index contributed by atoms with van der Waals surface area (Å²) in [4.78, 5) is 16.5. The third kappa shape index (κ3) is 5.18. The van der Waals surface area contributed by atoms with Gasteiger partial charge in [0, 0.05) is 18.9 Å². The Morgan fingerprint density at radius 1 is 1.54 bits per heavy atom. The third-order valence-electron chi connectivity index (χ3n) is 3.90. The Bertz CT molecular complexity index is 742. The molecule has 3 rings (SSSR count). The Kier molecular flexibility index (Phi) is 6.45. The molecular formula is C17H21FN4O3S. The lowest BCUT2D eigenvalue weighted by molar-refractivity contribution is -0.121. The fourth-order valence-corrected chi connectivity index (χ4v) is 3.22. The Morgan fingerprint density at radius 3 is 3.19 bits per heavy atom. The smallest absolute Gasteiger partial charge is 0.230 e. The number of hydrogen-bond donors (Lipinski definition) is 2. The second-order valence-electron chi connectivity index (χ2n) is 5.86. The summed E-state index contributed by atoms with van der Waals surface area (Å²) in [6.45, 7) is 2.87. The Morgan fingerprint density at radius 2 is 2.42 bits per heavy atom. The minimum Gasteiger partial charge on any atom is -0.488 e. The summed E-state index contributed by atoms with van der Waals surface area (Å²) in [5, 5.41) is 10.3. The summed E-state index contributed by atoms with van der Waals surface area (Å²) in [5.74, 6) is 0.922. The highest BCUT2D eigenvalue weighted by atomic mass is 32.2. The summed E-state index contributed by atoms with van der Waals surface area (Å²) in [7, 11) is 0. The standard InChI is InChI=1S/C17H21FN4O3S/c1-2-15-20-17(22-21-15)26-10-16(23)19-13-9-24-7-6-14(13)25-12-5-3-4-11(18)8-12/h3-5,8,13-14H,2,6-7,9-10H2,1H3,(H,19,23)(H,20,21,22). The van der Waals surface area contributed by atoms with E-state index in [1.807, 2.05) is 6.92 Å². The summed E-state index contributed by atoms with van der Waals surface area (Å²) in [5.41, 5.74) is 0. The number of aromatic nitrogens is 3. The van der Waals surface area contributed by atoms with Gasteiger partial charge < -0.3 is 14.8 Å². The van der Waals surface area contributed by atoms with Gasteiger partial charge in [-0.3, -0.25) is 9.89 Å². The van der Waals surface area contributed by atoms with Crippen LogP contribution in [-0.4, -0.2) is 52.2 Å². The highest BCUT2D eigenvalue weighted by Gasteiger charge is 2.29. The topological polar surface area (TPSA) is 89.1 Å². The zero-order valence-electron chi connectivity index (χ0n) is 14.4. The van der Waals surface area contributed by atoms with Crippen LogP contribution in [0.3, 0.4) is 0 Å². The van der Waals surface area contributed by atoms with E-state index in [2.05, 4.69) is 20.5 Å². The zero-order chi connectivity index (χ0) is 18.4. The number of H-pyrrole nitrogens is 1. The number of hydrogen-bond acceptors (Lipinski definition) is 6. The monoisotopic (exact) mass is 380 g/mol. The number of rotatable bonds is 7. The number of ether oxygens (including phenoxy) is 2. The normalized spacial score (nSPS) is 19.9. The molecule has 26 heavy (non-hydrogen) atoms. The Balaban J connectivity index is 1.53. The van der Waals surface area contributed by atoms with Crippen molar-refractivity contribution < 1.29 is 18.7 Å². The molecule has 1 aliphatic rings. The van der Waals surface area contributed by atoms with Gasteiger partial charge in [0.2, 0.25) is 11.1 Å². The van der Waals surface area contributed by atoms with Crippen molar-refractivity contribution in [2.45, 2.75) is 37.1 Å². The van der Waals surface area contributed by atoms with Crippen molar-refractivity contribution in [2.75, 3.05) is 19.0 Å². The van der Waals surface area contributed by atoms with Gasteiger partial charge in [-0.05, 0) is 12.1 Å². The molecule has 2 heterocycles. The molecule has 2 unspecified atom stereocenters. The second kappa shape index (κ2) is 9.00. The van der Waals surface area contributed by atoms with E-state index in [4.69, 9.17) is 9.47 Å². The maximum atomic E-state index is 13.3. The molecule has 0 spiro atoms. The molecule has 0 saturated carbocycles. The van der Waals surface area contributed by atoms with Crippen LogP contribution in [0.15, 0.2) is 29.4 Å². The molecule has 9 heteroatoms. The predicted octanol–water partition coefficient (Wildman–Crippen LogP) is 1.95. The number of amides is 1. The average molecular weight is 380 g/mol. The van der Waals surface area contributed by atoms with Gasteiger partial charge in [-0.1, -0.05) is 24.8 Å². The second-order valence-corrected chi connectivity index (χ2v) is 6.80. The first kappa shape index (κ1) is 18.7. The number of nitrogens with one attached hydrogen (secondary N) is 2. The molecule has 1 aromatic heterocycles. The first-order valence-electron chi connectivity index (χ1n) is 8.47. The van der Waals surface area contributed by atoms with Crippen LogP contribution in [0.1, 0.15) is 19.2 Å². The molecule has 1 amide bonds. The van der Waals surface area contributed by atoms with Gasteiger partial charge in [0.25, 0.3) is 0 Å². The number of carbonyl (C=O) groups excluding carboxylic acids is 1. The maximum absolute atomic E-state index is 13.3. The highest BCUT2D eigenvalue weighted by Crippen LogP contribution is 2.19. The molecule has 1 aliphatic heterocycles. The van der Waals surface area contributed by atoms with Gasteiger partial charge in [0.15, 0.2) is 0 Å². The van der Waals surface area contributed by atoms with Gasteiger partial charge in [-0.2, -0.15) is 0 Å². The van der Waals surface area contributed by atoms with E-state index in [-0.39, 0.29) is 29.6 Å². The number of carbonyl (C=O) groups is 1. The summed E-state index contributed by atoms with van der Waals surface area (Å²) in [6, 6.07) is 5.69. The largest absolute Gasteiger partial charge is 0.488 e. The third-order valence-corrected chi connectivity index (χ3v) is 4.75. The number of halogens is 1. The summed E-state index contributed by atoms with van der Waals surface area (Å²) < 4.78 is 24.6. The fraction of sp³-hybridized carbons (Fsp3) is 0.471. The molecule has 0 aliphatic carbocycles. The Labute approximate surface area is 155 Å². The van der Waals surface area contributed by atoms with Crippen LogP contribution in [-0.2, 0) is 16.0 Å². The van der Waals surface area contributed by atoms with E-state index < -0.39 is 0 Å². The van der Waals surface area contributed by atoms with E-state index in [1.54, 1.807) is 12.1 Å². The first-order chi connectivity index (χ1) is 12.6. The van der Waals surface area contributed by atoms with Crippen LogP contribution < -0.4 is 10.1 Å². The molecule has 0 radical (unpaired) electrons. The molecule has 2 N–H and O–H groups in total. The molecule has 7 nitrogen and oxygen atoms in total. The van der Waals surface area contributed by atoms with Crippen LogP contribution in [0.25, 0.3) is 0 Å². The molecule has 1 fully saturated rings. The molecular weight excluding hydrogens is 359 g/mol. The lowest BCUT2D eigenvalue weighted by Gasteiger charge is -2.32. The molecule has 0 bridgehead atoms. The van der Waals surface area contributed by atoms with Crippen LogP contribution in [0.5, 0.6) is 5.75 Å². The zero-order valence-corrected chi connectivity index (χ0v) is 15.2.